The van der Waals surface area contributed by atoms with Gasteiger partial charge in [0.25, 0.3) is 11.8 Å². The Balaban J connectivity index is 1.50. The number of carbonyl (C=O) groups is 2. The molecule has 1 unspecified atom stereocenters. The number of hydrogen-bond donors (Lipinski definition) is 1. The number of rotatable bonds is 7. The Bertz CT molecular complexity index is 1090. The summed E-state index contributed by atoms with van der Waals surface area (Å²) in [6.45, 7) is 5.68. The lowest BCUT2D eigenvalue weighted by atomic mass is 10.0. The highest BCUT2D eigenvalue weighted by Crippen LogP contribution is 2.32. The SMILES string of the molecule is CCC(NC(=O)c1sc2ccccc2c1C)c1ccccc1OCC(=O)N1CCCC1. The second-order valence-electron chi connectivity index (χ2n) is 7.90. The molecule has 1 fully saturated rings. The molecule has 2 amide bonds. The van der Waals surface area contributed by atoms with Gasteiger partial charge in [-0.15, -0.1) is 11.3 Å². The first kappa shape index (κ1) is 21.4. The summed E-state index contributed by atoms with van der Waals surface area (Å²) in [5.74, 6) is 0.592. The molecule has 1 aliphatic rings. The number of thiophene rings is 1. The van der Waals surface area contributed by atoms with E-state index in [1.807, 2.05) is 61.2 Å². The predicted octanol–water partition coefficient (Wildman–Crippen LogP) is 5.09. The maximum absolute atomic E-state index is 13.1. The molecule has 5 nitrogen and oxygen atoms in total. The number of amides is 2. The van der Waals surface area contributed by atoms with Crippen molar-refractivity contribution in [2.24, 2.45) is 0 Å². The Morgan fingerprint density at radius 3 is 2.55 bits per heavy atom. The van der Waals surface area contributed by atoms with Gasteiger partial charge in [0, 0.05) is 23.4 Å². The van der Waals surface area contributed by atoms with E-state index in [1.54, 1.807) is 0 Å². The van der Waals surface area contributed by atoms with Gasteiger partial charge >= 0.3 is 0 Å². The van der Waals surface area contributed by atoms with Crippen molar-refractivity contribution in [3.63, 3.8) is 0 Å². The first-order valence-electron chi connectivity index (χ1n) is 10.9. The third kappa shape index (κ3) is 4.59. The van der Waals surface area contributed by atoms with Gasteiger partial charge in [-0.3, -0.25) is 9.59 Å². The Morgan fingerprint density at radius 2 is 1.81 bits per heavy atom. The molecule has 0 bridgehead atoms. The molecule has 1 aromatic heterocycles. The summed E-state index contributed by atoms with van der Waals surface area (Å²) >= 11 is 1.52. The van der Waals surface area contributed by atoms with Crippen molar-refractivity contribution in [3.8, 4) is 5.75 Å². The minimum atomic E-state index is -0.199. The largest absolute Gasteiger partial charge is 0.483 e. The number of nitrogens with zero attached hydrogens (tertiary/aromatic N) is 1. The minimum absolute atomic E-state index is 0.0188. The van der Waals surface area contributed by atoms with Crippen molar-refractivity contribution >= 4 is 33.2 Å². The van der Waals surface area contributed by atoms with Gasteiger partial charge in [-0.05, 0) is 49.3 Å². The van der Waals surface area contributed by atoms with Gasteiger partial charge in [-0.1, -0.05) is 43.3 Å². The second-order valence-corrected chi connectivity index (χ2v) is 8.95. The summed E-state index contributed by atoms with van der Waals surface area (Å²) in [4.78, 5) is 28.1. The van der Waals surface area contributed by atoms with Crippen LogP contribution in [0.15, 0.2) is 48.5 Å². The van der Waals surface area contributed by atoms with Crippen LogP contribution in [-0.4, -0.2) is 36.4 Å². The molecular formula is C25H28N2O3S. The van der Waals surface area contributed by atoms with Crippen LogP contribution in [0.4, 0.5) is 0 Å². The molecule has 6 heteroatoms. The van der Waals surface area contributed by atoms with Crippen molar-refractivity contribution in [2.45, 2.75) is 39.2 Å². The van der Waals surface area contributed by atoms with Gasteiger partial charge in [0.1, 0.15) is 5.75 Å². The zero-order chi connectivity index (χ0) is 21.8. The molecule has 3 aromatic rings. The van der Waals surface area contributed by atoms with Crippen molar-refractivity contribution < 1.29 is 14.3 Å². The zero-order valence-corrected chi connectivity index (χ0v) is 18.8. The molecule has 162 valence electrons. The highest BCUT2D eigenvalue weighted by molar-refractivity contribution is 7.21. The molecule has 0 spiro atoms. The fourth-order valence-electron chi connectivity index (χ4n) is 4.11. The van der Waals surface area contributed by atoms with E-state index in [9.17, 15) is 9.59 Å². The number of para-hydroxylation sites is 1. The van der Waals surface area contributed by atoms with Crippen LogP contribution in [-0.2, 0) is 4.79 Å². The monoisotopic (exact) mass is 436 g/mol. The van der Waals surface area contributed by atoms with Gasteiger partial charge < -0.3 is 15.0 Å². The van der Waals surface area contributed by atoms with Gasteiger partial charge in [0.15, 0.2) is 6.61 Å². The van der Waals surface area contributed by atoms with Crippen molar-refractivity contribution in [3.05, 3.63) is 64.5 Å². The molecule has 1 saturated heterocycles. The number of carbonyl (C=O) groups excluding carboxylic acids is 2. The number of hydrogen-bond acceptors (Lipinski definition) is 4. The molecule has 1 atom stereocenters. The Labute approximate surface area is 187 Å². The quantitative estimate of drug-likeness (QED) is 0.561. The zero-order valence-electron chi connectivity index (χ0n) is 18.0. The molecular weight excluding hydrogens is 408 g/mol. The number of ether oxygens (including phenoxy) is 1. The third-order valence-corrected chi connectivity index (χ3v) is 7.14. The van der Waals surface area contributed by atoms with E-state index in [4.69, 9.17) is 4.74 Å². The van der Waals surface area contributed by atoms with E-state index < -0.39 is 0 Å². The Kier molecular flexibility index (Phi) is 6.56. The van der Waals surface area contributed by atoms with Gasteiger partial charge in [-0.2, -0.15) is 0 Å². The molecule has 2 heterocycles. The van der Waals surface area contributed by atoms with Crippen LogP contribution in [0.3, 0.4) is 0 Å². The highest BCUT2D eigenvalue weighted by Gasteiger charge is 2.23. The summed E-state index contributed by atoms with van der Waals surface area (Å²) in [5, 5.41) is 4.30. The smallest absolute Gasteiger partial charge is 0.262 e. The van der Waals surface area contributed by atoms with E-state index >= 15 is 0 Å². The molecule has 4 rings (SSSR count). The van der Waals surface area contributed by atoms with E-state index in [-0.39, 0.29) is 24.5 Å². The average Bonchev–Trinajstić information content (AvgIpc) is 3.45. The number of likely N-dealkylation sites (tertiary alicyclic amines) is 1. The van der Waals surface area contributed by atoms with Crippen LogP contribution >= 0.6 is 11.3 Å². The highest BCUT2D eigenvalue weighted by atomic mass is 32.1. The van der Waals surface area contributed by atoms with Crippen LogP contribution in [0.25, 0.3) is 10.1 Å². The first-order valence-corrected chi connectivity index (χ1v) is 11.7. The molecule has 1 N–H and O–H groups in total. The standard InChI is InChI=1S/C25H28N2O3S/c1-3-20(26-25(29)24-17(2)18-10-5-7-13-22(18)31-24)19-11-4-6-12-21(19)30-16-23(28)27-14-8-9-15-27/h4-7,10-13,20H,3,8-9,14-16H2,1-2H3,(H,26,29). The minimum Gasteiger partial charge on any atom is -0.483 e. The van der Waals surface area contributed by atoms with Crippen molar-refractivity contribution in [1.82, 2.24) is 10.2 Å². The molecule has 2 aromatic carbocycles. The maximum Gasteiger partial charge on any atom is 0.262 e. The summed E-state index contributed by atoms with van der Waals surface area (Å²) in [6.07, 6.45) is 2.84. The number of fused-ring (bicyclic) bond motifs is 1. The van der Waals surface area contributed by atoms with Crippen molar-refractivity contribution in [1.29, 1.82) is 0 Å². The van der Waals surface area contributed by atoms with Crippen molar-refractivity contribution in [2.75, 3.05) is 19.7 Å². The van der Waals surface area contributed by atoms with Gasteiger partial charge in [0.2, 0.25) is 0 Å². The number of nitrogens with one attached hydrogen (secondary N) is 1. The van der Waals surface area contributed by atoms with Crippen LogP contribution in [0.2, 0.25) is 0 Å². The molecule has 0 radical (unpaired) electrons. The Morgan fingerprint density at radius 1 is 1.10 bits per heavy atom. The second kappa shape index (κ2) is 9.52. The molecule has 0 saturated carbocycles. The lowest BCUT2D eigenvalue weighted by Gasteiger charge is -2.21. The normalized spacial score (nSPS) is 14.6. The third-order valence-electron chi connectivity index (χ3n) is 5.87. The van der Waals surface area contributed by atoms with Crippen LogP contribution in [0.5, 0.6) is 5.75 Å². The van der Waals surface area contributed by atoms with E-state index in [2.05, 4.69) is 11.4 Å². The number of benzene rings is 2. The average molecular weight is 437 g/mol. The molecule has 1 aliphatic heterocycles. The summed E-state index contributed by atoms with van der Waals surface area (Å²) < 4.78 is 7.03. The lowest BCUT2D eigenvalue weighted by molar-refractivity contribution is -0.132. The fraction of sp³-hybridized carbons (Fsp3) is 0.360. The topological polar surface area (TPSA) is 58.6 Å². The predicted molar refractivity (Wildman–Crippen MR) is 125 cm³/mol. The van der Waals surface area contributed by atoms with E-state index in [0.29, 0.717) is 5.75 Å². The maximum atomic E-state index is 13.1. The van der Waals surface area contributed by atoms with Crippen LogP contribution in [0.1, 0.15) is 53.0 Å². The van der Waals surface area contributed by atoms with Gasteiger partial charge in [0.05, 0.1) is 10.9 Å². The lowest BCUT2D eigenvalue weighted by Crippen LogP contribution is -2.32. The summed E-state index contributed by atoms with van der Waals surface area (Å²) in [7, 11) is 0. The summed E-state index contributed by atoms with van der Waals surface area (Å²) in [5.41, 5.74) is 1.90. The molecule has 31 heavy (non-hydrogen) atoms. The van der Waals surface area contributed by atoms with E-state index in [1.165, 1.54) is 11.3 Å². The fourth-order valence-corrected chi connectivity index (χ4v) is 5.22. The molecule has 0 aliphatic carbocycles. The number of aryl methyl sites for hydroxylation is 1. The summed E-state index contributed by atoms with van der Waals surface area (Å²) in [6, 6.07) is 15.5. The Hall–Kier alpha value is -2.86. The van der Waals surface area contributed by atoms with Crippen LogP contribution < -0.4 is 10.1 Å². The van der Waals surface area contributed by atoms with E-state index in [0.717, 1.165) is 58.4 Å². The first-order chi connectivity index (χ1) is 15.1. The van der Waals surface area contributed by atoms with Crippen LogP contribution in [0, 0.1) is 6.92 Å². The van der Waals surface area contributed by atoms with Gasteiger partial charge in [-0.25, -0.2) is 0 Å².